The van der Waals surface area contributed by atoms with E-state index < -0.39 is 5.97 Å². The van der Waals surface area contributed by atoms with Crippen molar-refractivity contribution in [1.82, 2.24) is 0 Å². The van der Waals surface area contributed by atoms with Gasteiger partial charge in [-0.1, -0.05) is 132 Å². The van der Waals surface area contributed by atoms with Crippen molar-refractivity contribution in [2.24, 2.45) is 5.92 Å². The van der Waals surface area contributed by atoms with E-state index >= 15 is 0 Å². The number of unbranched alkanes of at least 4 members (excludes halogenated alkanes) is 8. The standard InChI is InChI=1S/C31H55IO3/c1-5-9-13-14-15-16-17-30(23-22-28-18-20-29(27-32)21-19-28)31(33-24-10-6-2,34-25-11-7-3)35-26-12-8-4/h18-21,30H,5-17,22-27H2,1-4H3. The molecule has 0 saturated carbocycles. The summed E-state index contributed by atoms with van der Waals surface area (Å²) < 4.78 is 20.9. The van der Waals surface area contributed by atoms with E-state index in [0.717, 1.165) is 62.2 Å². The lowest BCUT2D eigenvalue weighted by Crippen LogP contribution is -2.47. The first-order valence-electron chi connectivity index (χ1n) is 14.7. The number of benzene rings is 1. The van der Waals surface area contributed by atoms with Crippen LogP contribution in [0.5, 0.6) is 0 Å². The highest BCUT2D eigenvalue weighted by molar-refractivity contribution is 14.1. The molecule has 1 unspecified atom stereocenters. The molecule has 0 aliphatic rings. The van der Waals surface area contributed by atoms with Crippen LogP contribution in [0.25, 0.3) is 0 Å². The minimum atomic E-state index is -0.912. The van der Waals surface area contributed by atoms with E-state index in [1.54, 1.807) is 0 Å². The Morgan fingerprint density at radius 2 is 1.06 bits per heavy atom. The lowest BCUT2D eigenvalue weighted by atomic mass is 9.91. The van der Waals surface area contributed by atoms with E-state index in [2.05, 4.69) is 74.6 Å². The van der Waals surface area contributed by atoms with Gasteiger partial charge in [-0.2, -0.15) is 0 Å². The zero-order valence-electron chi connectivity index (χ0n) is 23.4. The highest BCUT2D eigenvalue weighted by Crippen LogP contribution is 2.35. The zero-order chi connectivity index (χ0) is 25.6. The molecule has 0 saturated heterocycles. The first-order chi connectivity index (χ1) is 17.2. The van der Waals surface area contributed by atoms with Crippen LogP contribution in [0, 0.1) is 5.92 Å². The van der Waals surface area contributed by atoms with E-state index in [1.807, 2.05) is 0 Å². The third kappa shape index (κ3) is 14.4. The quantitative estimate of drug-likeness (QED) is 0.0510. The van der Waals surface area contributed by atoms with Gasteiger partial charge in [0.15, 0.2) is 0 Å². The molecule has 0 bridgehead atoms. The minimum absolute atomic E-state index is 0.239. The van der Waals surface area contributed by atoms with E-state index in [4.69, 9.17) is 14.2 Å². The van der Waals surface area contributed by atoms with Gasteiger partial charge in [0.1, 0.15) is 0 Å². The van der Waals surface area contributed by atoms with Gasteiger partial charge in [0, 0.05) is 10.3 Å². The SMILES string of the molecule is CCCCCCCCC(CCc1ccc(CI)cc1)C(OCCCC)(OCCCC)OCCCC. The summed E-state index contributed by atoms with van der Waals surface area (Å²) in [5.41, 5.74) is 2.79. The van der Waals surface area contributed by atoms with Gasteiger partial charge in [0.25, 0.3) is 5.97 Å². The van der Waals surface area contributed by atoms with Crippen LogP contribution in [0.2, 0.25) is 0 Å². The molecule has 1 aromatic rings. The van der Waals surface area contributed by atoms with Gasteiger partial charge in [0.05, 0.1) is 19.8 Å². The Labute approximate surface area is 231 Å². The maximum atomic E-state index is 6.60. The van der Waals surface area contributed by atoms with Crippen molar-refractivity contribution in [3.63, 3.8) is 0 Å². The molecule has 0 aliphatic carbocycles. The van der Waals surface area contributed by atoms with Crippen molar-refractivity contribution >= 4 is 22.6 Å². The summed E-state index contributed by atoms with van der Waals surface area (Å²) in [6.45, 7) is 11.0. The molecule has 0 radical (unpaired) electrons. The largest absolute Gasteiger partial charge is 0.327 e. The van der Waals surface area contributed by atoms with Gasteiger partial charge in [-0.3, -0.25) is 0 Å². The molecule has 0 fully saturated rings. The van der Waals surface area contributed by atoms with Crippen molar-refractivity contribution < 1.29 is 14.2 Å². The van der Waals surface area contributed by atoms with Crippen LogP contribution in [-0.4, -0.2) is 25.8 Å². The Hall–Kier alpha value is -0.170. The van der Waals surface area contributed by atoms with E-state index in [9.17, 15) is 0 Å². The molecule has 1 atom stereocenters. The summed E-state index contributed by atoms with van der Waals surface area (Å²) in [7, 11) is 0. The third-order valence-corrected chi connectivity index (χ3v) is 7.65. The fourth-order valence-electron chi connectivity index (χ4n) is 4.36. The predicted molar refractivity (Wildman–Crippen MR) is 159 cm³/mol. The molecule has 35 heavy (non-hydrogen) atoms. The van der Waals surface area contributed by atoms with Crippen LogP contribution < -0.4 is 0 Å². The first-order valence-corrected chi connectivity index (χ1v) is 16.2. The number of aryl methyl sites for hydroxylation is 1. The topological polar surface area (TPSA) is 27.7 Å². The molecule has 4 heteroatoms. The van der Waals surface area contributed by atoms with E-state index in [1.165, 1.54) is 49.7 Å². The molecular weight excluding hydrogens is 547 g/mol. The molecular formula is C31H55IO3. The summed E-state index contributed by atoms with van der Waals surface area (Å²) >= 11 is 2.43. The van der Waals surface area contributed by atoms with Crippen LogP contribution in [-0.2, 0) is 25.1 Å². The average molecular weight is 603 g/mol. The van der Waals surface area contributed by atoms with Crippen molar-refractivity contribution in [1.29, 1.82) is 0 Å². The molecule has 0 heterocycles. The second-order valence-electron chi connectivity index (χ2n) is 9.95. The summed E-state index contributed by atoms with van der Waals surface area (Å²) in [6.07, 6.45) is 17.5. The highest BCUT2D eigenvalue weighted by atomic mass is 127. The van der Waals surface area contributed by atoms with Crippen LogP contribution in [0.15, 0.2) is 24.3 Å². The van der Waals surface area contributed by atoms with Crippen LogP contribution in [0.3, 0.4) is 0 Å². The second kappa shape index (κ2) is 21.9. The van der Waals surface area contributed by atoms with Gasteiger partial charge in [-0.15, -0.1) is 0 Å². The number of rotatable bonds is 24. The molecule has 204 valence electrons. The van der Waals surface area contributed by atoms with Crippen molar-refractivity contribution in [3.8, 4) is 0 Å². The highest BCUT2D eigenvalue weighted by Gasteiger charge is 2.42. The average Bonchev–Trinajstić information content (AvgIpc) is 2.88. The third-order valence-electron chi connectivity index (χ3n) is 6.77. The number of alkyl halides is 1. The van der Waals surface area contributed by atoms with Gasteiger partial charge >= 0.3 is 0 Å². The normalized spacial score (nSPS) is 12.8. The smallest absolute Gasteiger partial charge is 0.285 e. The van der Waals surface area contributed by atoms with Crippen molar-refractivity contribution in [2.75, 3.05) is 19.8 Å². The molecule has 0 aromatic heterocycles. The molecule has 0 N–H and O–H groups in total. The van der Waals surface area contributed by atoms with Crippen LogP contribution in [0.1, 0.15) is 129 Å². The minimum Gasteiger partial charge on any atom is -0.327 e. The molecule has 0 spiro atoms. The Morgan fingerprint density at radius 1 is 0.600 bits per heavy atom. The van der Waals surface area contributed by atoms with Crippen LogP contribution in [0.4, 0.5) is 0 Å². The van der Waals surface area contributed by atoms with Gasteiger partial charge < -0.3 is 14.2 Å². The monoisotopic (exact) mass is 602 g/mol. The lowest BCUT2D eigenvalue weighted by Gasteiger charge is -2.40. The Balaban J connectivity index is 3.05. The summed E-state index contributed by atoms with van der Waals surface area (Å²) in [5, 5.41) is 0. The Kier molecular flexibility index (Phi) is 20.5. The maximum absolute atomic E-state index is 6.60. The molecule has 1 aromatic carbocycles. The Bertz CT molecular complexity index is 563. The zero-order valence-corrected chi connectivity index (χ0v) is 25.6. The van der Waals surface area contributed by atoms with Gasteiger partial charge in [-0.25, -0.2) is 0 Å². The molecule has 0 amide bonds. The van der Waals surface area contributed by atoms with Gasteiger partial charge in [0.2, 0.25) is 0 Å². The van der Waals surface area contributed by atoms with Crippen molar-refractivity contribution in [3.05, 3.63) is 35.4 Å². The number of hydrogen-bond donors (Lipinski definition) is 0. The maximum Gasteiger partial charge on any atom is 0.285 e. The predicted octanol–water partition coefficient (Wildman–Crippen LogP) is 10.0. The Morgan fingerprint density at radius 3 is 1.54 bits per heavy atom. The molecule has 0 aliphatic heterocycles. The van der Waals surface area contributed by atoms with Gasteiger partial charge in [-0.05, 0) is 49.7 Å². The van der Waals surface area contributed by atoms with Crippen molar-refractivity contribution in [2.45, 2.75) is 134 Å². The first kappa shape index (κ1) is 32.9. The van der Waals surface area contributed by atoms with Crippen LogP contribution >= 0.6 is 22.6 Å². The fourth-order valence-corrected chi connectivity index (χ4v) is 4.87. The fraction of sp³-hybridized carbons (Fsp3) is 0.806. The van der Waals surface area contributed by atoms with E-state index in [-0.39, 0.29) is 5.92 Å². The number of halogens is 1. The summed E-state index contributed by atoms with van der Waals surface area (Å²) in [6, 6.07) is 9.13. The molecule has 1 rings (SSSR count). The van der Waals surface area contributed by atoms with E-state index in [0.29, 0.717) is 19.8 Å². The summed E-state index contributed by atoms with van der Waals surface area (Å²) in [5.74, 6) is -0.672. The second-order valence-corrected chi connectivity index (χ2v) is 10.7. The lowest BCUT2D eigenvalue weighted by molar-refractivity contribution is -0.407. The number of ether oxygens (including phenoxy) is 3. The number of hydrogen-bond acceptors (Lipinski definition) is 3. The summed E-state index contributed by atoms with van der Waals surface area (Å²) in [4.78, 5) is 0. The molecule has 3 nitrogen and oxygen atoms in total.